The van der Waals surface area contributed by atoms with Crippen molar-refractivity contribution in [3.63, 3.8) is 0 Å². The molecule has 0 bridgehead atoms. The van der Waals surface area contributed by atoms with Crippen molar-refractivity contribution in [2.75, 3.05) is 13.7 Å². The molecule has 1 rings (SSSR count). The minimum atomic E-state index is -0.638. The van der Waals surface area contributed by atoms with Crippen LogP contribution in [0.4, 0.5) is 0 Å². The molecule has 20 heavy (non-hydrogen) atoms. The minimum Gasteiger partial charge on any atom is -0.507 e. The Morgan fingerprint density at radius 3 is 2.60 bits per heavy atom. The van der Waals surface area contributed by atoms with Gasteiger partial charge in [0.1, 0.15) is 11.3 Å². The second-order valence-corrected chi connectivity index (χ2v) is 4.24. The highest BCUT2D eigenvalue weighted by molar-refractivity contribution is 6.30. The van der Waals surface area contributed by atoms with E-state index >= 15 is 0 Å². The first kappa shape index (κ1) is 16.0. The second-order valence-electron chi connectivity index (χ2n) is 3.80. The number of aliphatic imine (C=N–C) groups is 1. The SMILES string of the molecule is CCN=CC(C(=O)OC)=C(O)/C=C/c1ccc(Cl)cc1. The van der Waals surface area contributed by atoms with Gasteiger partial charge in [0.2, 0.25) is 0 Å². The van der Waals surface area contributed by atoms with Crippen molar-refractivity contribution in [3.05, 3.63) is 52.3 Å². The third kappa shape index (κ3) is 4.90. The summed E-state index contributed by atoms with van der Waals surface area (Å²) in [6, 6.07) is 7.07. The van der Waals surface area contributed by atoms with E-state index in [0.717, 1.165) is 5.56 Å². The van der Waals surface area contributed by atoms with Gasteiger partial charge in [0, 0.05) is 17.8 Å². The number of aliphatic hydroxyl groups is 1. The summed E-state index contributed by atoms with van der Waals surface area (Å²) in [4.78, 5) is 15.5. The smallest absolute Gasteiger partial charge is 0.343 e. The Balaban J connectivity index is 3.00. The Morgan fingerprint density at radius 1 is 1.40 bits per heavy atom. The van der Waals surface area contributed by atoms with E-state index in [-0.39, 0.29) is 11.3 Å². The van der Waals surface area contributed by atoms with E-state index in [1.807, 2.05) is 6.92 Å². The van der Waals surface area contributed by atoms with Crippen molar-refractivity contribution in [1.29, 1.82) is 0 Å². The van der Waals surface area contributed by atoms with Crippen LogP contribution in [0.25, 0.3) is 6.08 Å². The molecule has 0 fully saturated rings. The van der Waals surface area contributed by atoms with Crippen LogP contribution in [-0.2, 0) is 9.53 Å². The molecule has 1 aromatic carbocycles. The summed E-state index contributed by atoms with van der Waals surface area (Å²) >= 11 is 5.78. The number of halogens is 1. The average Bonchev–Trinajstić information content (AvgIpc) is 2.46. The first-order chi connectivity index (χ1) is 9.58. The van der Waals surface area contributed by atoms with E-state index in [1.165, 1.54) is 19.4 Å². The number of methoxy groups -OCH3 is 1. The Kier molecular flexibility index (Phi) is 6.53. The lowest BCUT2D eigenvalue weighted by atomic mass is 10.1. The lowest BCUT2D eigenvalue weighted by molar-refractivity contribution is -0.135. The van der Waals surface area contributed by atoms with Gasteiger partial charge >= 0.3 is 5.97 Å². The number of carbonyl (C=O) groups is 1. The number of rotatable bonds is 5. The molecule has 0 aliphatic carbocycles. The Morgan fingerprint density at radius 2 is 2.05 bits per heavy atom. The summed E-state index contributed by atoms with van der Waals surface area (Å²) in [5, 5.41) is 10.6. The van der Waals surface area contributed by atoms with E-state index in [9.17, 15) is 9.90 Å². The molecular formula is C15H16ClNO3. The summed E-state index contributed by atoms with van der Waals surface area (Å²) in [6.45, 7) is 2.33. The first-order valence-electron chi connectivity index (χ1n) is 6.03. The lowest BCUT2D eigenvalue weighted by Gasteiger charge is -2.01. The quantitative estimate of drug-likeness (QED) is 0.297. The van der Waals surface area contributed by atoms with Crippen LogP contribution in [0.2, 0.25) is 5.02 Å². The van der Waals surface area contributed by atoms with Crippen molar-refractivity contribution in [3.8, 4) is 0 Å². The largest absolute Gasteiger partial charge is 0.507 e. The zero-order chi connectivity index (χ0) is 15.0. The molecule has 0 aromatic heterocycles. The molecule has 0 amide bonds. The molecule has 0 radical (unpaired) electrons. The van der Waals surface area contributed by atoms with Crippen molar-refractivity contribution < 1.29 is 14.6 Å². The first-order valence-corrected chi connectivity index (χ1v) is 6.41. The molecule has 106 valence electrons. The fourth-order valence-electron chi connectivity index (χ4n) is 1.35. The molecule has 0 heterocycles. The Hall–Kier alpha value is -2.07. The van der Waals surface area contributed by atoms with Crippen LogP contribution in [0, 0.1) is 0 Å². The highest BCUT2D eigenvalue weighted by Gasteiger charge is 2.11. The zero-order valence-corrected chi connectivity index (χ0v) is 12.1. The van der Waals surface area contributed by atoms with Gasteiger partial charge in [0.15, 0.2) is 0 Å². The predicted molar refractivity (Wildman–Crippen MR) is 81.2 cm³/mol. The van der Waals surface area contributed by atoms with Crippen LogP contribution in [0.1, 0.15) is 12.5 Å². The number of esters is 1. The van der Waals surface area contributed by atoms with Crippen LogP contribution in [0.15, 0.2) is 46.7 Å². The van der Waals surface area contributed by atoms with Crippen molar-refractivity contribution in [2.24, 2.45) is 4.99 Å². The van der Waals surface area contributed by atoms with E-state index in [4.69, 9.17) is 11.6 Å². The van der Waals surface area contributed by atoms with Gasteiger partial charge in [-0.05, 0) is 30.7 Å². The maximum Gasteiger partial charge on any atom is 0.343 e. The van der Waals surface area contributed by atoms with Crippen LogP contribution < -0.4 is 0 Å². The number of nitrogens with zero attached hydrogens (tertiary/aromatic N) is 1. The van der Waals surface area contributed by atoms with Gasteiger partial charge in [-0.2, -0.15) is 0 Å². The number of allylic oxidation sites excluding steroid dienone is 1. The fraction of sp³-hybridized carbons (Fsp3) is 0.200. The van der Waals surface area contributed by atoms with Gasteiger partial charge in [0.25, 0.3) is 0 Å². The van der Waals surface area contributed by atoms with Crippen molar-refractivity contribution in [2.45, 2.75) is 6.92 Å². The zero-order valence-electron chi connectivity index (χ0n) is 11.3. The number of ether oxygens (including phenoxy) is 1. The predicted octanol–water partition coefficient (Wildman–Crippen LogP) is 3.43. The molecule has 5 heteroatoms. The molecule has 4 nitrogen and oxygen atoms in total. The van der Waals surface area contributed by atoms with Gasteiger partial charge in [-0.1, -0.05) is 29.8 Å². The van der Waals surface area contributed by atoms with E-state index < -0.39 is 5.97 Å². The van der Waals surface area contributed by atoms with E-state index in [1.54, 1.807) is 30.3 Å². The second kappa shape index (κ2) is 8.17. The monoisotopic (exact) mass is 293 g/mol. The minimum absolute atomic E-state index is 0.0135. The van der Waals surface area contributed by atoms with E-state index in [0.29, 0.717) is 11.6 Å². The van der Waals surface area contributed by atoms with Crippen LogP contribution >= 0.6 is 11.6 Å². The lowest BCUT2D eigenvalue weighted by Crippen LogP contribution is -2.08. The molecule has 1 aromatic rings. The summed E-state index contributed by atoms with van der Waals surface area (Å²) < 4.78 is 4.60. The van der Waals surface area contributed by atoms with Crippen molar-refractivity contribution in [1.82, 2.24) is 0 Å². The summed E-state index contributed by atoms with van der Waals surface area (Å²) in [5.41, 5.74) is 0.858. The number of benzene rings is 1. The van der Waals surface area contributed by atoms with E-state index in [2.05, 4.69) is 9.73 Å². The molecule has 0 saturated carbocycles. The van der Waals surface area contributed by atoms with Gasteiger partial charge in [-0.3, -0.25) is 4.99 Å². The molecule has 1 N–H and O–H groups in total. The Labute approximate surface area is 123 Å². The third-order valence-corrected chi connectivity index (χ3v) is 2.64. The Bertz CT molecular complexity index is 545. The van der Waals surface area contributed by atoms with Gasteiger partial charge in [-0.15, -0.1) is 0 Å². The van der Waals surface area contributed by atoms with Crippen LogP contribution in [0.3, 0.4) is 0 Å². The summed E-state index contributed by atoms with van der Waals surface area (Å²) in [6.07, 6.45) is 4.37. The molecule has 0 spiro atoms. The maximum absolute atomic E-state index is 11.5. The molecule has 0 saturated heterocycles. The van der Waals surface area contributed by atoms with Crippen molar-refractivity contribution >= 4 is 29.9 Å². The van der Waals surface area contributed by atoms with Crippen LogP contribution in [0.5, 0.6) is 0 Å². The number of carbonyl (C=O) groups excluding carboxylic acids is 1. The molecule has 0 unspecified atom stereocenters. The highest BCUT2D eigenvalue weighted by Crippen LogP contribution is 2.12. The normalized spacial score (nSPS) is 12.8. The molecular weight excluding hydrogens is 278 g/mol. The number of aliphatic hydroxyl groups excluding tert-OH is 1. The summed E-state index contributed by atoms with van der Waals surface area (Å²) in [5.74, 6) is -0.843. The van der Waals surface area contributed by atoms with Gasteiger partial charge < -0.3 is 9.84 Å². The number of hydrogen-bond donors (Lipinski definition) is 1. The molecule has 0 atom stereocenters. The fourth-order valence-corrected chi connectivity index (χ4v) is 1.48. The third-order valence-electron chi connectivity index (χ3n) is 2.39. The standard InChI is InChI=1S/C15H16ClNO3/c1-3-17-10-13(15(19)20-2)14(18)9-6-11-4-7-12(16)8-5-11/h4-10,18H,3H2,1-2H3/b9-6+,14-13?,17-10?. The summed E-state index contributed by atoms with van der Waals surface area (Å²) in [7, 11) is 1.25. The average molecular weight is 294 g/mol. The van der Waals surface area contributed by atoms with Gasteiger partial charge in [0.05, 0.1) is 7.11 Å². The topological polar surface area (TPSA) is 58.9 Å². The number of hydrogen-bond acceptors (Lipinski definition) is 4. The molecule has 0 aliphatic heterocycles. The highest BCUT2D eigenvalue weighted by atomic mass is 35.5. The van der Waals surface area contributed by atoms with Gasteiger partial charge in [-0.25, -0.2) is 4.79 Å². The maximum atomic E-state index is 11.5. The van der Waals surface area contributed by atoms with Crippen LogP contribution in [-0.4, -0.2) is 30.9 Å². The molecule has 0 aliphatic rings.